The predicted octanol–water partition coefficient (Wildman–Crippen LogP) is 4.72. The van der Waals surface area contributed by atoms with Gasteiger partial charge in [-0.15, -0.1) is 13.2 Å². The minimum absolute atomic E-state index is 1.08. The molecule has 0 bridgehead atoms. The van der Waals surface area contributed by atoms with Crippen LogP contribution in [0.25, 0.3) is 0 Å². The lowest BCUT2D eigenvalue weighted by atomic mass is 10.4. The summed E-state index contributed by atoms with van der Waals surface area (Å²) in [6.07, 6.45) is 0. The molecule has 0 fully saturated rings. The standard InChI is InChI=1S/C23H38O4Si5/c1-10-29(4,5)24-28(3)25-31(8,9)27-32(26-30(6,7)11-2,22-18-14-12-15-19-22)23-20-16-13-17-21-23/h10-21,28H,1-2H2,3-9H3. The van der Waals surface area contributed by atoms with Crippen LogP contribution in [-0.4, -0.2) is 43.0 Å². The summed E-state index contributed by atoms with van der Waals surface area (Å²) in [4.78, 5) is 0. The Balaban J connectivity index is 2.54. The minimum atomic E-state index is -3.09. The highest BCUT2D eigenvalue weighted by molar-refractivity contribution is 7.02. The van der Waals surface area contributed by atoms with Crippen molar-refractivity contribution < 1.29 is 16.5 Å². The molecule has 4 nitrogen and oxygen atoms in total. The van der Waals surface area contributed by atoms with Crippen LogP contribution in [0.15, 0.2) is 85.2 Å². The summed E-state index contributed by atoms with van der Waals surface area (Å²) in [5.41, 5.74) is 3.92. The van der Waals surface area contributed by atoms with Crippen molar-refractivity contribution in [3.05, 3.63) is 85.2 Å². The van der Waals surface area contributed by atoms with E-state index in [1.807, 2.05) is 47.8 Å². The van der Waals surface area contributed by atoms with Crippen LogP contribution in [0.2, 0.25) is 45.8 Å². The van der Waals surface area contributed by atoms with E-state index in [-0.39, 0.29) is 0 Å². The third-order valence-electron chi connectivity index (χ3n) is 5.01. The summed E-state index contributed by atoms with van der Waals surface area (Å²) in [6.45, 7) is 22.9. The van der Waals surface area contributed by atoms with Crippen molar-refractivity contribution in [2.75, 3.05) is 0 Å². The van der Waals surface area contributed by atoms with Crippen molar-refractivity contribution in [1.29, 1.82) is 0 Å². The van der Waals surface area contributed by atoms with Crippen LogP contribution in [0.4, 0.5) is 0 Å². The molecule has 0 saturated heterocycles. The second-order valence-corrected chi connectivity index (χ2v) is 26.4. The van der Waals surface area contributed by atoms with Gasteiger partial charge in [-0.25, -0.2) is 0 Å². The van der Waals surface area contributed by atoms with Gasteiger partial charge in [-0.05, 0) is 56.2 Å². The molecule has 0 saturated carbocycles. The van der Waals surface area contributed by atoms with Gasteiger partial charge in [0.1, 0.15) is 0 Å². The Labute approximate surface area is 200 Å². The predicted molar refractivity (Wildman–Crippen MR) is 148 cm³/mol. The van der Waals surface area contributed by atoms with Crippen LogP contribution >= 0.6 is 0 Å². The third kappa shape index (κ3) is 7.43. The highest BCUT2D eigenvalue weighted by Crippen LogP contribution is 2.24. The van der Waals surface area contributed by atoms with Gasteiger partial charge in [0.2, 0.25) is 8.32 Å². The number of hydrogen-bond acceptors (Lipinski definition) is 4. The van der Waals surface area contributed by atoms with Crippen molar-refractivity contribution in [3.63, 3.8) is 0 Å². The molecule has 1 unspecified atom stereocenters. The molecule has 0 heterocycles. The van der Waals surface area contributed by atoms with Crippen LogP contribution < -0.4 is 10.4 Å². The minimum Gasteiger partial charge on any atom is -0.435 e. The molecule has 0 aliphatic carbocycles. The molecule has 1 atom stereocenters. The lowest BCUT2D eigenvalue weighted by Gasteiger charge is -2.42. The smallest absolute Gasteiger partial charge is 0.388 e. The highest BCUT2D eigenvalue weighted by Gasteiger charge is 2.51. The van der Waals surface area contributed by atoms with E-state index in [4.69, 9.17) is 16.5 Å². The third-order valence-corrected chi connectivity index (χ3v) is 22.9. The van der Waals surface area contributed by atoms with Gasteiger partial charge in [-0.2, -0.15) is 0 Å². The molecule has 2 rings (SSSR count). The largest absolute Gasteiger partial charge is 0.435 e. The van der Waals surface area contributed by atoms with Crippen LogP contribution in [0.3, 0.4) is 0 Å². The van der Waals surface area contributed by atoms with E-state index >= 15 is 0 Å². The second-order valence-electron chi connectivity index (χ2n) is 9.37. The van der Waals surface area contributed by atoms with Gasteiger partial charge in [0.25, 0.3) is 9.28 Å². The van der Waals surface area contributed by atoms with Gasteiger partial charge in [0.05, 0.1) is 0 Å². The molecule has 0 aliphatic heterocycles. The Morgan fingerprint density at radius 1 is 0.656 bits per heavy atom. The maximum atomic E-state index is 7.12. The fourth-order valence-corrected chi connectivity index (χ4v) is 21.8. The maximum Gasteiger partial charge on any atom is 0.388 e. The van der Waals surface area contributed by atoms with Crippen LogP contribution in [0.1, 0.15) is 0 Å². The first-order chi connectivity index (χ1) is 14.8. The first kappa shape index (κ1) is 27.1. The monoisotopic (exact) mass is 518 g/mol. The molecule has 174 valence electrons. The van der Waals surface area contributed by atoms with Gasteiger partial charge in [-0.3, -0.25) is 0 Å². The Hall–Kier alpha value is -1.16. The van der Waals surface area contributed by atoms with Crippen molar-refractivity contribution in [1.82, 2.24) is 0 Å². The molecular weight excluding hydrogens is 481 g/mol. The molecule has 0 aliphatic rings. The molecule has 2 aromatic rings. The fraction of sp³-hybridized carbons (Fsp3) is 0.304. The zero-order valence-electron chi connectivity index (χ0n) is 20.6. The van der Waals surface area contributed by atoms with E-state index in [1.165, 1.54) is 0 Å². The fourth-order valence-electron chi connectivity index (χ4n) is 3.42. The van der Waals surface area contributed by atoms with Crippen LogP contribution in [0.5, 0.6) is 0 Å². The number of benzene rings is 2. The molecule has 0 amide bonds. The van der Waals surface area contributed by atoms with E-state index in [2.05, 4.69) is 83.3 Å². The van der Waals surface area contributed by atoms with E-state index in [0.29, 0.717) is 0 Å². The molecule has 0 radical (unpaired) electrons. The maximum absolute atomic E-state index is 7.12. The summed E-state index contributed by atoms with van der Waals surface area (Å²) in [6, 6.07) is 20.7. The van der Waals surface area contributed by atoms with E-state index in [0.717, 1.165) is 10.4 Å². The first-order valence-corrected chi connectivity index (χ1v) is 23.7. The van der Waals surface area contributed by atoms with Crippen molar-refractivity contribution in [2.45, 2.75) is 45.8 Å². The van der Waals surface area contributed by atoms with Gasteiger partial charge >= 0.3 is 17.1 Å². The summed E-state index contributed by atoms with van der Waals surface area (Å²) < 4.78 is 27.1. The van der Waals surface area contributed by atoms with Crippen molar-refractivity contribution >= 4 is 53.4 Å². The van der Waals surface area contributed by atoms with Gasteiger partial charge in [0.15, 0.2) is 8.32 Å². The molecule has 0 spiro atoms. The Morgan fingerprint density at radius 3 is 1.50 bits per heavy atom. The number of hydrogen-bond donors (Lipinski definition) is 0. The highest BCUT2D eigenvalue weighted by atomic mass is 28.5. The second kappa shape index (κ2) is 10.8. The SMILES string of the molecule is C=C[Si](C)(C)O[SiH](C)O[Si](C)(C)O[Si](O[Si](C)(C)C=C)(c1ccccc1)c1ccccc1. The van der Waals surface area contributed by atoms with Crippen molar-refractivity contribution in [2.24, 2.45) is 0 Å². The van der Waals surface area contributed by atoms with Crippen LogP contribution in [0, 0.1) is 0 Å². The lowest BCUT2D eigenvalue weighted by molar-refractivity contribution is 0.322. The van der Waals surface area contributed by atoms with E-state index < -0.39 is 43.0 Å². The average Bonchev–Trinajstić information content (AvgIpc) is 2.73. The summed E-state index contributed by atoms with van der Waals surface area (Å²) in [5.74, 6) is 0. The zero-order valence-corrected chi connectivity index (χ0v) is 25.7. The van der Waals surface area contributed by atoms with Crippen LogP contribution in [-0.2, 0) is 16.5 Å². The number of rotatable bonds is 12. The summed E-state index contributed by atoms with van der Waals surface area (Å²) >= 11 is 0. The Kier molecular flexibility index (Phi) is 9.18. The normalized spacial score (nSPS) is 14.1. The zero-order chi connectivity index (χ0) is 24.0. The summed E-state index contributed by atoms with van der Waals surface area (Å²) in [5, 5.41) is 2.16. The molecule has 0 N–H and O–H groups in total. The van der Waals surface area contributed by atoms with Crippen molar-refractivity contribution in [3.8, 4) is 0 Å². The van der Waals surface area contributed by atoms with E-state index in [1.54, 1.807) is 0 Å². The van der Waals surface area contributed by atoms with E-state index in [9.17, 15) is 0 Å². The average molecular weight is 519 g/mol. The Bertz CT molecular complexity index is 848. The van der Waals surface area contributed by atoms with Gasteiger partial charge in [0, 0.05) is 0 Å². The molecule has 32 heavy (non-hydrogen) atoms. The lowest BCUT2D eigenvalue weighted by Crippen LogP contribution is -2.70. The molecule has 2 aromatic carbocycles. The molecule has 9 heteroatoms. The van der Waals surface area contributed by atoms with Gasteiger partial charge < -0.3 is 16.5 Å². The van der Waals surface area contributed by atoms with Gasteiger partial charge in [-0.1, -0.05) is 72.1 Å². The topological polar surface area (TPSA) is 36.9 Å². The molecular formula is C23H38O4Si5. The quantitative estimate of drug-likeness (QED) is 0.381. The Morgan fingerprint density at radius 2 is 1.09 bits per heavy atom. The summed E-state index contributed by atoms with van der Waals surface area (Å²) in [7, 11) is -11.8. The first-order valence-electron chi connectivity index (χ1n) is 11.0. The molecule has 0 aromatic heterocycles.